The van der Waals surface area contributed by atoms with Crippen molar-refractivity contribution in [3.63, 3.8) is 0 Å². The predicted molar refractivity (Wildman–Crippen MR) is 176 cm³/mol. The van der Waals surface area contributed by atoms with Crippen molar-refractivity contribution in [3.8, 4) is 33.8 Å². The van der Waals surface area contributed by atoms with Crippen LogP contribution in [0.5, 0.6) is 0 Å². The standard InChI is InChI=1S/C27H25N2.C11H22O2.Ir/c1-17-10-18(2)13-22(12-17)26-27(23-14-19(3)11-20(4)15-23)29-25(16-28-26)24-9-7-6-8-21(24)5;1-8(2)5-10(12)7-11(13)6-9(3)4;/h6-12,14-16H,1-5H3;7-10,12-13H,5-6H2,1-4H3;/q-1;;. The first-order valence-corrected chi connectivity index (χ1v) is 14.9. The zero-order chi connectivity index (χ0) is 31.0. The molecule has 3 aromatic carbocycles. The third-order valence-electron chi connectivity index (χ3n) is 6.81. The van der Waals surface area contributed by atoms with Gasteiger partial charge in [-0.2, -0.15) is 0 Å². The number of hydrogen-bond donors (Lipinski definition) is 2. The van der Waals surface area contributed by atoms with Gasteiger partial charge in [0.05, 0.1) is 23.3 Å². The van der Waals surface area contributed by atoms with Crippen LogP contribution in [0.25, 0.3) is 33.8 Å². The Balaban J connectivity index is 0.000000394. The van der Waals surface area contributed by atoms with Crippen molar-refractivity contribution in [3.05, 3.63) is 107 Å². The predicted octanol–water partition coefficient (Wildman–Crippen LogP) is 9.70. The molecule has 1 atom stereocenters. The molecule has 0 spiro atoms. The molecule has 1 heterocycles. The minimum Gasteiger partial charge on any atom is -0.513 e. The summed E-state index contributed by atoms with van der Waals surface area (Å²) in [7, 11) is 0. The third kappa shape index (κ3) is 11.2. The molecule has 4 rings (SSSR count). The van der Waals surface area contributed by atoms with Gasteiger partial charge in [0.2, 0.25) is 0 Å². The van der Waals surface area contributed by atoms with E-state index in [4.69, 9.17) is 9.97 Å². The average molecular weight is 756 g/mol. The van der Waals surface area contributed by atoms with Crippen molar-refractivity contribution in [1.82, 2.24) is 9.97 Å². The van der Waals surface area contributed by atoms with Gasteiger partial charge in [-0.25, -0.2) is 0 Å². The van der Waals surface area contributed by atoms with Crippen molar-refractivity contribution in [2.24, 2.45) is 11.8 Å². The van der Waals surface area contributed by atoms with Crippen LogP contribution in [0.4, 0.5) is 0 Å². The second kappa shape index (κ2) is 16.7. The van der Waals surface area contributed by atoms with E-state index in [1.807, 2.05) is 26.1 Å². The average Bonchev–Trinajstić information content (AvgIpc) is 2.87. The second-order valence-electron chi connectivity index (χ2n) is 12.4. The number of aliphatic hydroxyl groups is 2. The van der Waals surface area contributed by atoms with Gasteiger partial charge in [-0.15, -0.1) is 34.9 Å². The summed E-state index contributed by atoms with van der Waals surface area (Å²) in [6.45, 7) is 18.7. The third-order valence-corrected chi connectivity index (χ3v) is 6.81. The molecule has 0 saturated carbocycles. The molecule has 2 N–H and O–H groups in total. The van der Waals surface area contributed by atoms with Crippen LogP contribution in [-0.2, 0) is 20.1 Å². The Bertz CT molecular complexity index is 1480. The van der Waals surface area contributed by atoms with Crippen molar-refractivity contribution in [2.75, 3.05) is 0 Å². The largest absolute Gasteiger partial charge is 0.513 e. The van der Waals surface area contributed by atoms with Gasteiger partial charge in [0.1, 0.15) is 0 Å². The number of aliphatic hydroxyl groups excluding tert-OH is 2. The van der Waals surface area contributed by atoms with Crippen molar-refractivity contribution in [1.29, 1.82) is 0 Å². The maximum atomic E-state index is 9.47. The number of nitrogens with zero attached hydrogens (tertiary/aromatic N) is 2. The molecule has 0 fully saturated rings. The summed E-state index contributed by atoms with van der Waals surface area (Å²) in [6.07, 6.45) is 4.30. The Labute approximate surface area is 272 Å². The van der Waals surface area contributed by atoms with Gasteiger partial charge in [-0.3, -0.25) is 4.98 Å². The molecule has 4 aromatic rings. The molecule has 0 aliphatic heterocycles. The molecule has 5 heteroatoms. The van der Waals surface area contributed by atoms with Crippen LogP contribution in [-0.4, -0.2) is 26.3 Å². The molecule has 43 heavy (non-hydrogen) atoms. The smallest absolute Gasteiger partial charge is 0.0911 e. The van der Waals surface area contributed by atoms with Crippen LogP contribution in [0, 0.1) is 52.5 Å². The molecule has 0 saturated heterocycles. The van der Waals surface area contributed by atoms with Crippen LogP contribution in [0.2, 0.25) is 0 Å². The van der Waals surface area contributed by atoms with E-state index in [9.17, 15) is 10.2 Å². The topological polar surface area (TPSA) is 66.2 Å². The molecule has 4 nitrogen and oxygen atoms in total. The van der Waals surface area contributed by atoms with Gasteiger partial charge in [0.25, 0.3) is 0 Å². The Morgan fingerprint density at radius 3 is 2.05 bits per heavy atom. The molecule has 0 aliphatic rings. The molecule has 231 valence electrons. The fraction of sp³-hybridized carbons (Fsp3) is 0.368. The first kappa shape index (κ1) is 36.1. The monoisotopic (exact) mass is 756 g/mol. The van der Waals surface area contributed by atoms with E-state index in [0.717, 1.165) is 39.3 Å². The van der Waals surface area contributed by atoms with E-state index in [1.54, 1.807) is 6.08 Å². The zero-order valence-corrected chi connectivity index (χ0v) is 29.5. The first-order chi connectivity index (χ1) is 19.8. The van der Waals surface area contributed by atoms with Crippen LogP contribution in [0.3, 0.4) is 0 Å². The summed E-state index contributed by atoms with van der Waals surface area (Å²) in [5.74, 6) is 1.20. The summed E-state index contributed by atoms with van der Waals surface area (Å²) in [5.41, 5.74) is 11.8. The van der Waals surface area contributed by atoms with E-state index in [-0.39, 0.29) is 20.1 Å². The van der Waals surface area contributed by atoms with E-state index in [1.165, 1.54) is 22.3 Å². The molecular formula is C38H47IrN2O2-. The quantitative estimate of drug-likeness (QED) is 0.139. The Kier molecular flexibility index (Phi) is 14.0. The minimum atomic E-state index is -0.501. The first-order valence-electron chi connectivity index (χ1n) is 14.9. The maximum Gasteiger partial charge on any atom is 0.0911 e. The molecule has 1 aromatic heterocycles. The van der Waals surface area contributed by atoms with E-state index in [2.05, 4.69) is 103 Å². The summed E-state index contributed by atoms with van der Waals surface area (Å²) in [5, 5.41) is 18.9. The summed E-state index contributed by atoms with van der Waals surface area (Å²) >= 11 is 0. The van der Waals surface area contributed by atoms with Gasteiger partial charge in [-0.1, -0.05) is 95.1 Å². The van der Waals surface area contributed by atoms with Crippen LogP contribution in [0.1, 0.15) is 68.4 Å². The summed E-state index contributed by atoms with van der Waals surface area (Å²) in [6, 6.07) is 22.6. The molecule has 0 aliphatic carbocycles. The minimum absolute atomic E-state index is 0. The normalized spacial score (nSPS) is 12.0. The van der Waals surface area contributed by atoms with Gasteiger partial charge in [0, 0.05) is 44.0 Å². The summed E-state index contributed by atoms with van der Waals surface area (Å²) in [4.78, 5) is 10.0. The number of aromatic nitrogens is 2. The molecular weight excluding hydrogens is 709 g/mol. The van der Waals surface area contributed by atoms with Crippen molar-refractivity contribution < 1.29 is 30.3 Å². The number of benzene rings is 3. The summed E-state index contributed by atoms with van der Waals surface area (Å²) < 4.78 is 0. The van der Waals surface area contributed by atoms with E-state index in [0.29, 0.717) is 30.4 Å². The number of aryl methyl sites for hydroxylation is 5. The van der Waals surface area contributed by atoms with Gasteiger partial charge in [-0.05, 0) is 56.2 Å². The second-order valence-corrected chi connectivity index (χ2v) is 12.4. The zero-order valence-electron chi connectivity index (χ0n) is 27.1. The SMILES string of the molecule is CC(C)CC(O)=CC(O)CC(C)C.Cc1[c-]c(-c2ncc(-c3ccccc3C)nc2-c2cc(C)cc(C)c2)cc(C)c1.[Ir]. The fourth-order valence-electron chi connectivity index (χ4n) is 5.17. The molecule has 0 amide bonds. The van der Waals surface area contributed by atoms with Gasteiger partial charge >= 0.3 is 0 Å². The van der Waals surface area contributed by atoms with Crippen LogP contribution in [0.15, 0.2) is 72.6 Å². The fourth-order valence-corrected chi connectivity index (χ4v) is 5.17. The van der Waals surface area contributed by atoms with E-state index >= 15 is 0 Å². The maximum absolute atomic E-state index is 9.47. The molecule has 0 bridgehead atoms. The van der Waals surface area contributed by atoms with Gasteiger partial charge < -0.3 is 15.2 Å². The van der Waals surface area contributed by atoms with Gasteiger partial charge in [0.15, 0.2) is 0 Å². The number of allylic oxidation sites excluding steroid dienone is 1. The Morgan fingerprint density at radius 1 is 0.837 bits per heavy atom. The Hall–Kier alpha value is -3.11. The molecule has 1 radical (unpaired) electrons. The van der Waals surface area contributed by atoms with Crippen molar-refractivity contribution in [2.45, 2.75) is 81.3 Å². The molecule has 1 unspecified atom stereocenters. The van der Waals surface area contributed by atoms with E-state index < -0.39 is 6.10 Å². The number of rotatable bonds is 8. The van der Waals surface area contributed by atoms with Crippen LogP contribution < -0.4 is 0 Å². The van der Waals surface area contributed by atoms with Crippen LogP contribution >= 0.6 is 0 Å². The Morgan fingerprint density at radius 2 is 1.47 bits per heavy atom. The van der Waals surface area contributed by atoms with Crippen molar-refractivity contribution >= 4 is 0 Å². The number of hydrogen-bond acceptors (Lipinski definition) is 4.